The van der Waals surface area contributed by atoms with Gasteiger partial charge < -0.3 is 15.2 Å². The Kier molecular flexibility index (Phi) is 7.06. The summed E-state index contributed by atoms with van der Waals surface area (Å²) in [6, 6.07) is 4.50. The van der Waals surface area contributed by atoms with Crippen molar-refractivity contribution >= 4 is 21.7 Å². The average Bonchev–Trinajstić information content (AvgIpc) is 3.22. The molecule has 1 aliphatic rings. The number of piperidine rings is 1. The molecule has 0 bridgehead atoms. The van der Waals surface area contributed by atoms with Gasteiger partial charge in [-0.2, -0.15) is 4.31 Å². The second-order valence-electron chi connectivity index (χ2n) is 9.22. The summed E-state index contributed by atoms with van der Waals surface area (Å²) in [5.41, 5.74) is 0.940. The number of nitrogens with zero attached hydrogens (tertiary/aromatic N) is 3. The molecule has 2 amide bonds. The first-order valence-electron chi connectivity index (χ1n) is 10.7. The molecule has 8 nitrogen and oxygen atoms in total. The maximum atomic E-state index is 13.1. The molecule has 0 aliphatic carbocycles. The molecule has 1 aliphatic heterocycles. The number of aromatic nitrogens is 2. The Balaban J connectivity index is 1.74. The number of benzene rings is 1. The summed E-state index contributed by atoms with van der Waals surface area (Å²) in [6.45, 7) is 9.63. The smallest absolute Gasteiger partial charge is 0.319 e. The van der Waals surface area contributed by atoms with Gasteiger partial charge in [-0.3, -0.25) is 0 Å². The van der Waals surface area contributed by atoms with Crippen LogP contribution < -0.4 is 10.6 Å². The number of hydrogen-bond donors (Lipinski definition) is 2. The van der Waals surface area contributed by atoms with E-state index in [1.165, 1.54) is 0 Å². The molecule has 0 saturated carbocycles. The summed E-state index contributed by atoms with van der Waals surface area (Å²) >= 11 is 0. The Labute approximate surface area is 185 Å². The first-order chi connectivity index (χ1) is 14.6. The van der Waals surface area contributed by atoms with Crippen LogP contribution in [0.4, 0.5) is 10.5 Å². The largest absolute Gasteiger partial charge is 0.335 e. The third kappa shape index (κ3) is 5.86. The zero-order valence-corrected chi connectivity index (χ0v) is 19.6. The second-order valence-corrected chi connectivity index (χ2v) is 11.1. The van der Waals surface area contributed by atoms with Gasteiger partial charge in [-0.1, -0.05) is 33.3 Å². The summed E-state index contributed by atoms with van der Waals surface area (Å²) in [5.74, 6) is 0. The SMILES string of the molecule is Cc1ccc(NC(=O)N[C@@H](Cn2ccnc2)C(C)(C)C)cc1S(=O)(=O)N1CCCCC1. The van der Waals surface area contributed by atoms with E-state index in [1.54, 1.807) is 42.0 Å². The van der Waals surface area contributed by atoms with E-state index in [0.717, 1.165) is 19.3 Å². The van der Waals surface area contributed by atoms with Crippen molar-refractivity contribution in [1.82, 2.24) is 19.2 Å². The number of carbonyl (C=O) groups excluding carboxylic acids is 1. The maximum Gasteiger partial charge on any atom is 0.319 e. The minimum absolute atomic E-state index is 0.149. The lowest BCUT2D eigenvalue weighted by atomic mass is 9.86. The number of nitrogens with one attached hydrogen (secondary N) is 2. The molecule has 3 rings (SSSR count). The van der Waals surface area contributed by atoms with E-state index in [4.69, 9.17) is 0 Å². The van der Waals surface area contributed by atoms with Gasteiger partial charge in [-0.15, -0.1) is 0 Å². The molecule has 1 saturated heterocycles. The molecule has 31 heavy (non-hydrogen) atoms. The normalized spacial score (nSPS) is 16.6. The van der Waals surface area contributed by atoms with Crippen LogP contribution in [0.3, 0.4) is 0 Å². The van der Waals surface area contributed by atoms with E-state index in [9.17, 15) is 13.2 Å². The first-order valence-corrected chi connectivity index (χ1v) is 12.2. The van der Waals surface area contributed by atoms with Crippen LogP contribution in [0, 0.1) is 12.3 Å². The molecule has 2 N–H and O–H groups in total. The monoisotopic (exact) mass is 447 g/mol. The van der Waals surface area contributed by atoms with Crippen molar-refractivity contribution in [1.29, 1.82) is 0 Å². The summed E-state index contributed by atoms with van der Waals surface area (Å²) in [5, 5.41) is 5.83. The van der Waals surface area contributed by atoms with Crippen molar-refractivity contribution < 1.29 is 13.2 Å². The quantitative estimate of drug-likeness (QED) is 0.707. The van der Waals surface area contributed by atoms with E-state index >= 15 is 0 Å². The molecular weight excluding hydrogens is 414 g/mol. The molecule has 1 atom stereocenters. The zero-order valence-electron chi connectivity index (χ0n) is 18.8. The van der Waals surface area contributed by atoms with Crippen LogP contribution in [0.2, 0.25) is 0 Å². The summed E-state index contributed by atoms with van der Waals surface area (Å²) in [7, 11) is -3.58. The molecule has 0 radical (unpaired) electrons. The van der Waals surface area contributed by atoms with Gasteiger partial charge in [0.2, 0.25) is 10.0 Å². The van der Waals surface area contributed by atoms with E-state index in [1.807, 2.05) is 10.8 Å². The van der Waals surface area contributed by atoms with Crippen molar-refractivity contribution in [2.75, 3.05) is 18.4 Å². The van der Waals surface area contributed by atoms with Crippen molar-refractivity contribution in [2.45, 2.75) is 64.4 Å². The van der Waals surface area contributed by atoms with Crippen LogP contribution in [-0.4, -0.2) is 47.4 Å². The summed E-state index contributed by atoms with van der Waals surface area (Å²) < 4.78 is 29.7. The number of aryl methyl sites for hydroxylation is 1. The predicted molar refractivity (Wildman–Crippen MR) is 121 cm³/mol. The van der Waals surface area contributed by atoms with Gasteiger partial charge in [0.05, 0.1) is 17.3 Å². The van der Waals surface area contributed by atoms with Crippen molar-refractivity contribution in [2.24, 2.45) is 5.41 Å². The molecular formula is C22H33N5O3S. The molecule has 9 heteroatoms. The molecule has 0 unspecified atom stereocenters. The van der Waals surface area contributed by atoms with Crippen LogP contribution in [0.15, 0.2) is 41.8 Å². The fraction of sp³-hybridized carbons (Fsp3) is 0.545. The minimum Gasteiger partial charge on any atom is -0.335 e. The van der Waals surface area contributed by atoms with Crippen LogP contribution in [0.5, 0.6) is 0 Å². The third-order valence-electron chi connectivity index (χ3n) is 5.68. The van der Waals surface area contributed by atoms with Crippen molar-refractivity contribution in [3.8, 4) is 0 Å². The zero-order chi connectivity index (χ0) is 22.6. The van der Waals surface area contributed by atoms with E-state index in [0.29, 0.717) is 30.9 Å². The van der Waals surface area contributed by atoms with Gasteiger partial charge >= 0.3 is 6.03 Å². The number of rotatable bonds is 6. The molecule has 1 aromatic carbocycles. The summed E-state index contributed by atoms with van der Waals surface area (Å²) in [6.07, 6.45) is 8.09. The number of carbonyl (C=O) groups is 1. The average molecular weight is 448 g/mol. The topological polar surface area (TPSA) is 96.3 Å². The van der Waals surface area contributed by atoms with Crippen LogP contribution in [0.1, 0.15) is 45.6 Å². The fourth-order valence-electron chi connectivity index (χ4n) is 3.67. The van der Waals surface area contributed by atoms with Crippen LogP contribution in [-0.2, 0) is 16.6 Å². The van der Waals surface area contributed by atoms with Gasteiger partial charge in [-0.05, 0) is 42.9 Å². The highest BCUT2D eigenvalue weighted by Gasteiger charge is 2.29. The van der Waals surface area contributed by atoms with Gasteiger partial charge in [0, 0.05) is 37.7 Å². The second kappa shape index (κ2) is 9.40. The molecule has 0 spiro atoms. The maximum absolute atomic E-state index is 13.1. The van der Waals surface area contributed by atoms with E-state index < -0.39 is 10.0 Å². The number of hydrogen-bond acceptors (Lipinski definition) is 4. The van der Waals surface area contributed by atoms with Gasteiger partial charge in [-0.25, -0.2) is 18.2 Å². The van der Waals surface area contributed by atoms with Crippen molar-refractivity contribution in [3.05, 3.63) is 42.5 Å². The van der Waals surface area contributed by atoms with Gasteiger partial charge in [0.25, 0.3) is 0 Å². The standard InChI is InChI=1S/C22H33N5O3S/c1-17-8-9-18(14-19(17)31(29,30)27-11-6-5-7-12-27)24-21(28)25-20(22(2,3)4)15-26-13-10-23-16-26/h8-10,13-14,16,20H,5-7,11-12,15H2,1-4H3,(H2,24,25,28)/t20-/m0/s1. The highest BCUT2D eigenvalue weighted by molar-refractivity contribution is 7.89. The lowest BCUT2D eigenvalue weighted by Gasteiger charge is -2.31. The lowest BCUT2D eigenvalue weighted by molar-refractivity contribution is 0.218. The van der Waals surface area contributed by atoms with Crippen LogP contribution >= 0.6 is 0 Å². The van der Waals surface area contributed by atoms with E-state index in [2.05, 4.69) is 36.4 Å². The molecule has 2 heterocycles. The number of amides is 2. The highest BCUT2D eigenvalue weighted by atomic mass is 32.2. The Morgan fingerprint density at radius 3 is 2.52 bits per heavy atom. The lowest BCUT2D eigenvalue weighted by Crippen LogP contribution is -2.47. The molecule has 1 fully saturated rings. The number of urea groups is 1. The predicted octanol–water partition coefficient (Wildman–Crippen LogP) is 3.60. The Morgan fingerprint density at radius 2 is 1.90 bits per heavy atom. The first kappa shape index (κ1) is 23.3. The Bertz CT molecular complexity index is 991. The number of anilines is 1. The highest BCUT2D eigenvalue weighted by Crippen LogP contribution is 2.26. The molecule has 170 valence electrons. The molecule has 1 aromatic heterocycles. The van der Waals surface area contributed by atoms with Crippen LogP contribution in [0.25, 0.3) is 0 Å². The number of imidazole rings is 1. The van der Waals surface area contributed by atoms with E-state index in [-0.39, 0.29) is 22.4 Å². The molecule has 2 aromatic rings. The Hall–Kier alpha value is -2.39. The third-order valence-corrected chi connectivity index (χ3v) is 7.72. The Morgan fingerprint density at radius 1 is 1.19 bits per heavy atom. The van der Waals surface area contributed by atoms with Crippen molar-refractivity contribution in [3.63, 3.8) is 0 Å². The van der Waals surface area contributed by atoms with Gasteiger partial charge in [0.15, 0.2) is 0 Å². The minimum atomic E-state index is -3.58. The van der Waals surface area contributed by atoms with Gasteiger partial charge in [0.1, 0.15) is 0 Å². The fourth-order valence-corrected chi connectivity index (χ4v) is 5.43. The summed E-state index contributed by atoms with van der Waals surface area (Å²) in [4.78, 5) is 17.0. The number of sulfonamides is 1.